The number of nitrogens with zero attached hydrogens (tertiary/aromatic N) is 5. The van der Waals surface area contributed by atoms with E-state index < -0.39 is 168 Å². The predicted octanol–water partition coefficient (Wildman–Crippen LogP) is 5.71. The largest absolute Gasteiger partial charge is 0.480 e. The first kappa shape index (κ1) is 75.3. The highest BCUT2D eigenvalue weighted by Crippen LogP contribution is 2.31. The van der Waals surface area contributed by atoms with Crippen LogP contribution in [0.25, 0.3) is 0 Å². The van der Waals surface area contributed by atoms with Gasteiger partial charge in [-0.2, -0.15) is 0 Å². The van der Waals surface area contributed by atoms with Gasteiger partial charge in [-0.25, -0.2) is 14.4 Å². The first-order valence-corrected chi connectivity index (χ1v) is 30.5. The van der Waals surface area contributed by atoms with Crippen LogP contribution in [-0.4, -0.2) is 208 Å². The second-order valence-electron chi connectivity index (χ2n) is 26.7. The molecular weight excluding hydrogens is 1140 g/mol. The highest BCUT2D eigenvalue weighted by atomic mass is 16.6. The number of likely N-dealkylation sites (N-methyl/N-ethyl adjacent to an activating group) is 2. The van der Waals surface area contributed by atoms with Gasteiger partial charge in [0.1, 0.15) is 47.0 Å². The van der Waals surface area contributed by atoms with Gasteiger partial charge in [-0.3, -0.25) is 48.2 Å². The van der Waals surface area contributed by atoms with Crippen LogP contribution in [0.3, 0.4) is 0 Å². The molecule has 0 aliphatic carbocycles. The molecule has 494 valence electrons. The number of ether oxygens (including phenoxy) is 5. The van der Waals surface area contributed by atoms with Crippen LogP contribution in [0.1, 0.15) is 155 Å². The Morgan fingerprint density at radius 3 is 1.78 bits per heavy atom. The molecule has 24 nitrogen and oxygen atoms in total. The molecule has 3 rings (SSSR count). The van der Waals surface area contributed by atoms with Gasteiger partial charge in [0.25, 0.3) is 11.8 Å². The quantitative estimate of drug-likeness (QED) is 0.0472. The summed E-state index contributed by atoms with van der Waals surface area (Å²) in [5.74, 6) is -10.4. The Balaban J connectivity index is 2.01. The summed E-state index contributed by atoms with van der Waals surface area (Å²) in [5.41, 5.74) is -2.51. The van der Waals surface area contributed by atoms with E-state index in [-0.39, 0.29) is 24.7 Å². The molecule has 1 aromatic rings. The van der Waals surface area contributed by atoms with Gasteiger partial charge in [-0.1, -0.05) is 85.2 Å². The molecule has 2 aliphatic heterocycles. The number of benzene rings is 1. The molecule has 3 N–H and O–H groups in total. The third kappa shape index (κ3) is 21.4. The van der Waals surface area contributed by atoms with Gasteiger partial charge >= 0.3 is 24.0 Å². The summed E-state index contributed by atoms with van der Waals surface area (Å²) < 4.78 is 29.1. The number of amides is 8. The van der Waals surface area contributed by atoms with Crippen LogP contribution in [0.5, 0.6) is 0 Å². The minimum atomic E-state index is -1.91. The third-order valence-electron chi connectivity index (χ3n) is 15.6. The molecule has 2 heterocycles. The van der Waals surface area contributed by atoms with Gasteiger partial charge in [0.05, 0.1) is 43.2 Å². The lowest BCUT2D eigenvalue weighted by Gasteiger charge is -2.41. The van der Waals surface area contributed by atoms with Crippen LogP contribution in [0.2, 0.25) is 0 Å². The van der Waals surface area contributed by atoms with E-state index in [1.54, 1.807) is 133 Å². The molecule has 0 bridgehead atoms. The number of likely N-dealkylation sites (tertiary alicyclic amines) is 1. The number of hydrogen-bond acceptors (Lipinski definition) is 16. The van der Waals surface area contributed by atoms with Crippen molar-refractivity contribution in [2.45, 2.75) is 227 Å². The van der Waals surface area contributed by atoms with Gasteiger partial charge < -0.3 is 54.1 Å². The van der Waals surface area contributed by atoms with Crippen LogP contribution >= 0.6 is 0 Å². The van der Waals surface area contributed by atoms with E-state index in [2.05, 4.69) is 10.6 Å². The summed E-state index contributed by atoms with van der Waals surface area (Å²) in [6.07, 6.45) is -0.314. The van der Waals surface area contributed by atoms with Gasteiger partial charge in [0, 0.05) is 59.9 Å². The fourth-order valence-electron chi connectivity index (χ4n) is 11.2. The Labute approximate surface area is 520 Å². The monoisotopic (exact) mass is 1240 g/mol. The Bertz CT molecular complexity index is 2630. The molecule has 0 radical (unpaired) electrons. The standard InChI is InChI=1S/C64H101N7O17/c1-21-39(6)53(46(84-19)35-49(74)69-33-25-28-43(69)54(85-20)40(7)55(76)65-42(59(80)81)34-41-26-23-22-24-27-41)68(18)58(79)51(37(2)3)66-56(77)52(38(4)5)67(17)57(78)45(71-47(72)30-31-48(71)73)36-70(61(83)88-64(14,15)16)44(60(82)87-63(11,12)13)29-32-50(75)86-62(8,9)10/h22-24,26-27,30-31,37-40,42-46,51-54H,21,25,28-29,32-36H2,1-20H3,(H,65,76)(H,66,77)(H,80,81)/t39-,40+,42-,43-,44?,45-,46+,51-,52+,53+,54-/m0/s1. The zero-order chi connectivity index (χ0) is 67.1. The third-order valence-corrected chi connectivity index (χ3v) is 15.6. The van der Waals surface area contributed by atoms with Crippen molar-refractivity contribution < 1.29 is 81.5 Å². The number of aliphatic carboxylic acids is 1. The maximum atomic E-state index is 15.3. The Morgan fingerprint density at radius 1 is 0.727 bits per heavy atom. The SMILES string of the molecule is CC[C@H](C)[C@H]([C@@H](CC(=O)N1CCC[C@H]1[C@@H](OC)[C@@H](C)C(=O)N[C@@H](Cc1ccccc1)C(=O)O)OC)N(C)C(=O)[C@@H](NC(=O)[C@@H](C(C)C)N(C)C(=O)[C@H](CN(C(=O)OC(C)(C)C)C(CCC(=O)OC(C)(C)C)C(=O)OC(C)(C)C)N1C(=O)C=CC1=O)C(C)C. The fraction of sp³-hybridized carbons (Fsp3) is 0.703. The van der Waals surface area contributed by atoms with Crippen molar-refractivity contribution in [1.82, 2.24) is 35.1 Å². The number of esters is 2. The molecule has 0 saturated carbocycles. The maximum Gasteiger partial charge on any atom is 0.411 e. The van der Waals surface area contributed by atoms with Crippen molar-refractivity contribution >= 4 is 65.4 Å². The van der Waals surface area contributed by atoms with E-state index in [0.717, 1.165) is 27.5 Å². The topological polar surface area (TPSA) is 294 Å². The normalized spacial score (nSPS) is 18.0. The van der Waals surface area contributed by atoms with E-state index in [4.69, 9.17) is 23.7 Å². The van der Waals surface area contributed by atoms with Crippen molar-refractivity contribution in [1.29, 1.82) is 0 Å². The first-order chi connectivity index (χ1) is 40.7. The highest BCUT2D eigenvalue weighted by molar-refractivity contribution is 6.15. The minimum absolute atomic E-state index is 0.0583. The van der Waals surface area contributed by atoms with Crippen LogP contribution in [0.15, 0.2) is 42.5 Å². The number of hydrogen-bond donors (Lipinski definition) is 3. The zero-order valence-electron chi connectivity index (χ0n) is 55.6. The minimum Gasteiger partial charge on any atom is -0.480 e. The number of methoxy groups -OCH3 is 2. The Morgan fingerprint density at radius 2 is 1.30 bits per heavy atom. The summed E-state index contributed by atoms with van der Waals surface area (Å²) >= 11 is 0. The summed E-state index contributed by atoms with van der Waals surface area (Å²) in [6.45, 7) is 26.1. The van der Waals surface area contributed by atoms with E-state index in [1.807, 2.05) is 19.9 Å². The molecule has 0 spiro atoms. The number of imide groups is 1. The van der Waals surface area contributed by atoms with E-state index in [0.29, 0.717) is 30.7 Å². The van der Waals surface area contributed by atoms with Crippen LogP contribution in [-0.2, 0) is 78.1 Å². The van der Waals surface area contributed by atoms with Crippen molar-refractivity contribution in [3.8, 4) is 0 Å². The van der Waals surface area contributed by atoms with Crippen molar-refractivity contribution in [3.63, 3.8) is 0 Å². The van der Waals surface area contributed by atoms with Crippen LogP contribution < -0.4 is 10.6 Å². The molecule has 1 aromatic carbocycles. The number of carbonyl (C=O) groups is 11. The number of rotatable bonds is 30. The van der Waals surface area contributed by atoms with Crippen LogP contribution in [0, 0.1) is 23.7 Å². The summed E-state index contributed by atoms with van der Waals surface area (Å²) in [6, 6.07) is 0.187. The number of nitrogens with one attached hydrogen (secondary N) is 2. The van der Waals surface area contributed by atoms with E-state index >= 15 is 9.59 Å². The predicted molar refractivity (Wildman–Crippen MR) is 326 cm³/mol. The second-order valence-corrected chi connectivity index (χ2v) is 26.7. The average molecular weight is 1240 g/mol. The van der Waals surface area contributed by atoms with Gasteiger partial charge in [0.2, 0.25) is 29.5 Å². The summed E-state index contributed by atoms with van der Waals surface area (Å²) in [4.78, 5) is 161. The molecule has 88 heavy (non-hydrogen) atoms. The van der Waals surface area contributed by atoms with Gasteiger partial charge in [-0.15, -0.1) is 0 Å². The number of carboxylic acids is 1. The highest BCUT2D eigenvalue weighted by Gasteiger charge is 2.48. The molecule has 1 fully saturated rings. The molecule has 1 saturated heterocycles. The molecule has 8 amide bonds. The second kappa shape index (κ2) is 32.5. The van der Waals surface area contributed by atoms with Gasteiger partial charge in [-0.05, 0) is 105 Å². The number of carbonyl (C=O) groups excluding carboxylic acids is 10. The molecule has 24 heteroatoms. The molecule has 1 unspecified atom stereocenters. The number of carboxylic acid groups (broad SMARTS) is 1. The van der Waals surface area contributed by atoms with E-state index in [9.17, 15) is 48.3 Å². The van der Waals surface area contributed by atoms with Gasteiger partial charge in [0.15, 0.2) is 0 Å². The van der Waals surface area contributed by atoms with Crippen LogP contribution in [0.4, 0.5) is 4.79 Å². The smallest absolute Gasteiger partial charge is 0.411 e. The van der Waals surface area contributed by atoms with Crippen molar-refractivity contribution in [2.24, 2.45) is 23.7 Å². The van der Waals surface area contributed by atoms with Crippen molar-refractivity contribution in [3.05, 3.63) is 48.0 Å². The lowest BCUT2D eigenvalue weighted by atomic mass is 9.89. The lowest BCUT2D eigenvalue weighted by molar-refractivity contribution is -0.164. The first-order valence-electron chi connectivity index (χ1n) is 30.5. The van der Waals surface area contributed by atoms with Crippen molar-refractivity contribution in [2.75, 3.05) is 41.4 Å². The fourth-order valence-corrected chi connectivity index (χ4v) is 11.2. The lowest BCUT2D eigenvalue weighted by Crippen LogP contribution is -2.63. The molecule has 0 aromatic heterocycles. The maximum absolute atomic E-state index is 15.3. The average Bonchev–Trinajstić information content (AvgIpc) is 1.45. The Kier molecular flexibility index (Phi) is 27.8. The molecular formula is C64H101N7O17. The Hall–Kier alpha value is -6.95. The molecule has 2 aliphatic rings. The molecule has 11 atom stereocenters. The zero-order valence-corrected chi connectivity index (χ0v) is 55.6. The summed E-state index contributed by atoms with van der Waals surface area (Å²) in [5, 5.41) is 15.6. The summed E-state index contributed by atoms with van der Waals surface area (Å²) in [7, 11) is 5.72. The van der Waals surface area contributed by atoms with E-state index in [1.165, 1.54) is 26.2 Å².